The van der Waals surface area contributed by atoms with Gasteiger partial charge in [-0.25, -0.2) is 0 Å². The number of nitrogens with one attached hydrogen (secondary N) is 1. The summed E-state index contributed by atoms with van der Waals surface area (Å²) in [7, 11) is 1.55. The third-order valence-corrected chi connectivity index (χ3v) is 3.92. The van der Waals surface area contributed by atoms with Crippen molar-refractivity contribution < 1.29 is 19.4 Å². The highest BCUT2D eigenvalue weighted by Gasteiger charge is 2.34. The summed E-state index contributed by atoms with van der Waals surface area (Å²) in [5.74, 6) is -0.342. The van der Waals surface area contributed by atoms with Crippen molar-refractivity contribution in [1.29, 1.82) is 0 Å². The average Bonchev–Trinajstić information content (AvgIpc) is 2.60. The zero-order chi connectivity index (χ0) is 18.0. The summed E-state index contributed by atoms with van der Waals surface area (Å²) >= 11 is 5.14. The number of amides is 2. The Morgan fingerprint density at radius 1 is 1.08 bits per heavy atom. The van der Waals surface area contributed by atoms with Gasteiger partial charge in [-0.1, -0.05) is 12.1 Å². The number of hydrogen-bond donors (Lipinski definition) is 2. The number of phenolic OH excluding ortho intramolecular Hbond substituents is 1. The fraction of sp³-hybridized carbons (Fsp3) is 0.0556. The molecule has 0 spiro atoms. The molecule has 0 aliphatic carbocycles. The summed E-state index contributed by atoms with van der Waals surface area (Å²) in [6.07, 6.45) is 1.45. The van der Waals surface area contributed by atoms with Crippen LogP contribution in [0.4, 0.5) is 5.69 Å². The van der Waals surface area contributed by atoms with E-state index in [1.807, 2.05) is 0 Å². The Morgan fingerprint density at radius 3 is 2.32 bits per heavy atom. The van der Waals surface area contributed by atoms with E-state index in [-0.39, 0.29) is 16.4 Å². The average molecular weight is 354 g/mol. The molecule has 1 aliphatic rings. The van der Waals surface area contributed by atoms with E-state index in [9.17, 15) is 14.7 Å². The minimum Gasteiger partial charge on any atom is -0.508 e. The summed E-state index contributed by atoms with van der Waals surface area (Å²) in [4.78, 5) is 26.2. The standard InChI is InChI=1S/C18H14N2O4S/c1-24-14-8-4-12(5-9-14)20-17(23)15(16(22)19-18(20)25)10-11-2-6-13(21)7-3-11/h2-10,21H,1H3,(H,19,22,25). The highest BCUT2D eigenvalue weighted by Crippen LogP contribution is 2.24. The SMILES string of the molecule is COc1ccc(N2C(=O)C(=Cc3ccc(O)cc3)C(=O)NC2=S)cc1. The molecule has 1 aliphatic heterocycles. The number of ether oxygens (including phenoxy) is 1. The third-order valence-electron chi connectivity index (χ3n) is 3.64. The first-order valence-corrected chi connectivity index (χ1v) is 7.75. The van der Waals surface area contributed by atoms with E-state index >= 15 is 0 Å². The van der Waals surface area contributed by atoms with Gasteiger partial charge in [0.05, 0.1) is 12.8 Å². The molecule has 1 heterocycles. The van der Waals surface area contributed by atoms with Crippen molar-refractivity contribution in [2.75, 3.05) is 12.0 Å². The van der Waals surface area contributed by atoms with Crippen molar-refractivity contribution in [3.63, 3.8) is 0 Å². The van der Waals surface area contributed by atoms with Crippen LogP contribution in [-0.4, -0.2) is 29.1 Å². The fourth-order valence-corrected chi connectivity index (χ4v) is 2.64. The van der Waals surface area contributed by atoms with Gasteiger partial charge in [0.1, 0.15) is 17.1 Å². The normalized spacial score (nSPS) is 16.1. The number of methoxy groups -OCH3 is 1. The molecule has 1 fully saturated rings. The molecule has 3 rings (SSSR count). The summed E-state index contributed by atoms with van der Waals surface area (Å²) < 4.78 is 5.10. The second-order valence-corrected chi connectivity index (χ2v) is 5.63. The summed E-state index contributed by atoms with van der Waals surface area (Å²) in [6, 6.07) is 12.9. The number of hydrogen-bond acceptors (Lipinski definition) is 5. The monoisotopic (exact) mass is 354 g/mol. The smallest absolute Gasteiger partial charge is 0.270 e. The zero-order valence-electron chi connectivity index (χ0n) is 13.2. The van der Waals surface area contributed by atoms with Gasteiger partial charge in [0, 0.05) is 0 Å². The number of phenols is 1. The summed E-state index contributed by atoms with van der Waals surface area (Å²) in [5.41, 5.74) is 1.08. The van der Waals surface area contributed by atoms with Crippen molar-refractivity contribution >= 4 is 40.9 Å². The predicted molar refractivity (Wildman–Crippen MR) is 97.3 cm³/mol. The highest BCUT2D eigenvalue weighted by atomic mass is 32.1. The lowest BCUT2D eigenvalue weighted by Crippen LogP contribution is -2.54. The molecule has 0 bridgehead atoms. The number of carbonyl (C=O) groups excluding carboxylic acids is 2. The van der Waals surface area contributed by atoms with Crippen LogP contribution in [0.15, 0.2) is 54.1 Å². The van der Waals surface area contributed by atoms with Crippen LogP contribution in [0.5, 0.6) is 11.5 Å². The maximum Gasteiger partial charge on any atom is 0.270 e. The summed E-state index contributed by atoms with van der Waals surface area (Å²) in [5, 5.41) is 11.9. The largest absolute Gasteiger partial charge is 0.508 e. The highest BCUT2D eigenvalue weighted by molar-refractivity contribution is 7.80. The number of thiocarbonyl (C=S) groups is 1. The van der Waals surface area contributed by atoms with Crippen LogP contribution in [0.3, 0.4) is 0 Å². The van der Waals surface area contributed by atoms with Gasteiger partial charge in [-0.3, -0.25) is 19.8 Å². The van der Waals surface area contributed by atoms with E-state index in [1.54, 1.807) is 43.5 Å². The Kier molecular flexibility index (Phi) is 4.49. The Morgan fingerprint density at radius 2 is 1.72 bits per heavy atom. The molecular formula is C18H14N2O4S. The van der Waals surface area contributed by atoms with E-state index in [0.717, 1.165) is 0 Å². The molecule has 0 radical (unpaired) electrons. The van der Waals surface area contributed by atoms with Crippen LogP contribution in [0.1, 0.15) is 5.56 Å². The van der Waals surface area contributed by atoms with Gasteiger partial charge in [0.25, 0.3) is 11.8 Å². The first-order valence-electron chi connectivity index (χ1n) is 7.34. The molecule has 0 atom stereocenters. The van der Waals surface area contributed by atoms with Crippen molar-refractivity contribution in [2.24, 2.45) is 0 Å². The Balaban J connectivity index is 1.97. The van der Waals surface area contributed by atoms with Crippen LogP contribution in [-0.2, 0) is 9.59 Å². The van der Waals surface area contributed by atoms with Gasteiger partial charge in [0.2, 0.25) is 0 Å². The van der Waals surface area contributed by atoms with E-state index in [2.05, 4.69) is 5.32 Å². The third kappa shape index (κ3) is 3.36. The Hall–Kier alpha value is -3.19. The van der Waals surface area contributed by atoms with Crippen LogP contribution in [0.2, 0.25) is 0 Å². The second-order valence-electron chi connectivity index (χ2n) is 5.25. The van der Waals surface area contributed by atoms with Crippen molar-refractivity contribution in [3.8, 4) is 11.5 Å². The maximum absolute atomic E-state index is 12.8. The van der Waals surface area contributed by atoms with Crippen LogP contribution >= 0.6 is 12.2 Å². The van der Waals surface area contributed by atoms with Gasteiger partial charge < -0.3 is 9.84 Å². The fourth-order valence-electron chi connectivity index (χ4n) is 2.36. The second kappa shape index (κ2) is 6.74. The molecule has 126 valence electrons. The molecule has 0 aromatic heterocycles. The lowest BCUT2D eigenvalue weighted by molar-refractivity contribution is -0.122. The molecule has 7 heteroatoms. The topological polar surface area (TPSA) is 78.9 Å². The van der Waals surface area contributed by atoms with Crippen LogP contribution in [0.25, 0.3) is 6.08 Å². The van der Waals surface area contributed by atoms with E-state index in [0.29, 0.717) is 17.0 Å². The number of benzene rings is 2. The molecular weight excluding hydrogens is 340 g/mol. The van der Waals surface area contributed by atoms with E-state index < -0.39 is 11.8 Å². The molecule has 2 N–H and O–H groups in total. The lowest BCUT2D eigenvalue weighted by Gasteiger charge is -2.29. The predicted octanol–water partition coefficient (Wildman–Crippen LogP) is 2.23. The minimum atomic E-state index is -0.562. The van der Waals surface area contributed by atoms with Crippen LogP contribution in [0, 0.1) is 0 Å². The number of anilines is 1. The maximum atomic E-state index is 12.8. The van der Waals surface area contributed by atoms with E-state index in [1.165, 1.54) is 23.1 Å². The van der Waals surface area contributed by atoms with Gasteiger partial charge >= 0.3 is 0 Å². The number of rotatable bonds is 3. The van der Waals surface area contributed by atoms with Gasteiger partial charge in [-0.05, 0) is 60.3 Å². The number of aromatic hydroxyl groups is 1. The lowest BCUT2D eigenvalue weighted by atomic mass is 10.1. The molecule has 6 nitrogen and oxygen atoms in total. The van der Waals surface area contributed by atoms with Crippen LogP contribution < -0.4 is 15.0 Å². The quantitative estimate of drug-likeness (QED) is 0.502. The molecule has 0 saturated carbocycles. The van der Waals surface area contributed by atoms with Crippen molar-refractivity contribution in [1.82, 2.24) is 5.32 Å². The minimum absolute atomic E-state index is 0.0167. The number of carbonyl (C=O) groups is 2. The summed E-state index contributed by atoms with van der Waals surface area (Å²) in [6.45, 7) is 0. The first kappa shape index (κ1) is 16.7. The molecule has 1 saturated heterocycles. The number of nitrogens with zero attached hydrogens (tertiary/aromatic N) is 1. The van der Waals surface area contributed by atoms with Gasteiger partial charge in [-0.2, -0.15) is 0 Å². The zero-order valence-corrected chi connectivity index (χ0v) is 14.0. The molecule has 25 heavy (non-hydrogen) atoms. The Bertz CT molecular complexity index is 873. The molecule has 2 aromatic rings. The molecule has 2 amide bonds. The Labute approximate surface area is 149 Å². The van der Waals surface area contributed by atoms with E-state index in [4.69, 9.17) is 17.0 Å². The van der Waals surface area contributed by atoms with Crippen molar-refractivity contribution in [2.45, 2.75) is 0 Å². The molecule has 0 unspecified atom stereocenters. The van der Waals surface area contributed by atoms with Gasteiger partial charge in [-0.15, -0.1) is 0 Å². The van der Waals surface area contributed by atoms with Gasteiger partial charge in [0.15, 0.2) is 5.11 Å². The first-order chi connectivity index (χ1) is 12.0. The van der Waals surface area contributed by atoms with Crippen molar-refractivity contribution in [3.05, 3.63) is 59.7 Å². The molecule has 2 aromatic carbocycles.